The van der Waals surface area contributed by atoms with Crippen LogP contribution >= 0.6 is 0 Å². The molecule has 0 spiro atoms. The van der Waals surface area contributed by atoms with Crippen molar-refractivity contribution in [3.63, 3.8) is 0 Å². The number of nitrogens with zero attached hydrogens (tertiary/aromatic N) is 1. The Morgan fingerprint density at radius 2 is 1.81 bits per heavy atom. The van der Waals surface area contributed by atoms with Gasteiger partial charge in [0.05, 0.1) is 23.9 Å². The number of methoxy groups -OCH3 is 1. The predicted molar refractivity (Wildman–Crippen MR) is 116 cm³/mol. The molecule has 1 fully saturated rings. The highest BCUT2D eigenvalue weighted by Gasteiger charge is 2.22. The summed E-state index contributed by atoms with van der Waals surface area (Å²) in [7, 11) is -2.76. The molecule has 0 radical (unpaired) electrons. The van der Waals surface area contributed by atoms with E-state index in [9.17, 15) is 17.6 Å². The largest absolute Gasteiger partial charge is 0.464 e. The maximum Gasteiger partial charge on any atom is 0.357 e. The Morgan fingerprint density at radius 3 is 2.48 bits per heavy atom. The first-order valence-electron chi connectivity index (χ1n) is 10.2. The van der Waals surface area contributed by atoms with Gasteiger partial charge in [0.15, 0.2) is 11.5 Å². The van der Waals surface area contributed by atoms with Crippen LogP contribution < -0.4 is 4.72 Å². The molecule has 0 aliphatic heterocycles. The summed E-state index contributed by atoms with van der Waals surface area (Å²) in [5.41, 5.74) is 1.08. The smallest absolute Gasteiger partial charge is 0.357 e. The van der Waals surface area contributed by atoms with Crippen molar-refractivity contribution < 1.29 is 22.3 Å². The molecule has 8 heteroatoms. The van der Waals surface area contributed by atoms with E-state index in [0.717, 1.165) is 24.6 Å². The molecule has 4 rings (SSSR count). The lowest BCUT2D eigenvalue weighted by atomic mass is 9.84. The molecule has 1 saturated carbocycles. The lowest BCUT2D eigenvalue weighted by Crippen LogP contribution is -2.14. The number of esters is 1. The Kier molecular flexibility index (Phi) is 5.91. The summed E-state index contributed by atoms with van der Waals surface area (Å²) in [5.74, 6) is -1.01. The maximum absolute atomic E-state index is 14.6. The monoisotopic (exact) mass is 442 g/mol. The summed E-state index contributed by atoms with van der Waals surface area (Å²) in [5, 5.41) is 0.125. The molecule has 1 N–H and O–H groups in total. The average molecular weight is 443 g/mol. The van der Waals surface area contributed by atoms with Crippen LogP contribution in [-0.4, -0.2) is 26.5 Å². The summed E-state index contributed by atoms with van der Waals surface area (Å²) < 4.78 is 47.7. The van der Waals surface area contributed by atoms with Crippen molar-refractivity contribution in [2.45, 2.75) is 42.9 Å². The van der Waals surface area contributed by atoms with E-state index >= 15 is 0 Å². The molecule has 6 nitrogen and oxygen atoms in total. The second kappa shape index (κ2) is 8.63. The normalized spacial score (nSPS) is 15.0. The van der Waals surface area contributed by atoms with Crippen molar-refractivity contribution in [1.82, 2.24) is 4.98 Å². The van der Waals surface area contributed by atoms with E-state index < -0.39 is 21.8 Å². The van der Waals surface area contributed by atoms with E-state index in [0.29, 0.717) is 5.92 Å². The highest BCUT2D eigenvalue weighted by molar-refractivity contribution is 7.92. The molecular formula is C23H23FN2O4S. The van der Waals surface area contributed by atoms with Crippen LogP contribution in [-0.2, 0) is 14.8 Å². The molecule has 3 aromatic rings. The number of fused-ring (bicyclic) bond motifs is 1. The van der Waals surface area contributed by atoms with E-state index in [2.05, 4.69) is 9.71 Å². The zero-order valence-electron chi connectivity index (χ0n) is 17.1. The van der Waals surface area contributed by atoms with Gasteiger partial charge in [-0.25, -0.2) is 22.6 Å². The quantitative estimate of drug-likeness (QED) is 0.562. The summed E-state index contributed by atoms with van der Waals surface area (Å²) in [6.45, 7) is 0. The Hall–Kier alpha value is -3.00. The van der Waals surface area contributed by atoms with Gasteiger partial charge in [0.25, 0.3) is 10.0 Å². The highest BCUT2D eigenvalue weighted by Crippen LogP contribution is 2.34. The number of anilines is 1. The van der Waals surface area contributed by atoms with Crippen LogP contribution in [0.1, 0.15) is 54.1 Å². The van der Waals surface area contributed by atoms with Gasteiger partial charge in [0.2, 0.25) is 0 Å². The van der Waals surface area contributed by atoms with Crippen LogP contribution in [0.3, 0.4) is 0 Å². The van der Waals surface area contributed by atoms with Crippen molar-refractivity contribution in [3.8, 4) is 0 Å². The van der Waals surface area contributed by atoms with Crippen molar-refractivity contribution in [2.24, 2.45) is 0 Å². The van der Waals surface area contributed by atoms with Crippen molar-refractivity contribution in [1.29, 1.82) is 0 Å². The number of aromatic nitrogens is 1. The summed E-state index contributed by atoms with van der Waals surface area (Å²) in [6.07, 6.45) is 6.77. The fraction of sp³-hybridized carbons (Fsp3) is 0.304. The summed E-state index contributed by atoms with van der Waals surface area (Å²) >= 11 is 0. The van der Waals surface area contributed by atoms with Gasteiger partial charge < -0.3 is 4.74 Å². The molecule has 31 heavy (non-hydrogen) atoms. The first-order valence-corrected chi connectivity index (χ1v) is 11.7. The highest BCUT2D eigenvalue weighted by atomic mass is 32.2. The molecule has 1 heterocycles. The Labute approximate surface area is 180 Å². The van der Waals surface area contributed by atoms with Gasteiger partial charge in [-0.15, -0.1) is 0 Å². The lowest BCUT2D eigenvalue weighted by molar-refractivity contribution is 0.0596. The Morgan fingerprint density at radius 1 is 1.10 bits per heavy atom. The molecule has 162 valence electrons. The number of ether oxygens (including phenoxy) is 1. The minimum absolute atomic E-state index is 0.0268. The number of sulfonamides is 1. The van der Waals surface area contributed by atoms with E-state index in [1.807, 2.05) is 12.1 Å². The van der Waals surface area contributed by atoms with E-state index in [4.69, 9.17) is 4.74 Å². The first kappa shape index (κ1) is 21.2. The minimum Gasteiger partial charge on any atom is -0.464 e. The third kappa shape index (κ3) is 4.25. The molecule has 0 atom stereocenters. The van der Waals surface area contributed by atoms with Gasteiger partial charge in [0, 0.05) is 10.8 Å². The maximum atomic E-state index is 14.6. The molecule has 0 saturated heterocycles. The second-order valence-electron chi connectivity index (χ2n) is 7.68. The molecular weight excluding hydrogens is 419 g/mol. The number of halogens is 1. The standard InChI is InChI=1S/C23H23FN2O4S/c1-30-23(27)22-18-8-5-9-20(21(18)19(24)14-25-22)26-31(28,29)17-12-10-16(11-13-17)15-6-3-2-4-7-15/h5,8-15,26H,2-4,6-7H2,1H3. The number of benzene rings is 2. The number of rotatable bonds is 5. The molecule has 1 aliphatic rings. The van der Waals surface area contributed by atoms with Gasteiger partial charge in [-0.3, -0.25) is 4.72 Å². The van der Waals surface area contributed by atoms with Crippen molar-refractivity contribution in [3.05, 3.63) is 65.7 Å². The van der Waals surface area contributed by atoms with Crippen LogP contribution in [0.25, 0.3) is 10.8 Å². The molecule has 0 bridgehead atoms. The molecule has 1 aliphatic carbocycles. The number of nitrogens with one attached hydrogen (secondary N) is 1. The number of hydrogen-bond donors (Lipinski definition) is 1. The number of hydrogen-bond acceptors (Lipinski definition) is 5. The van der Waals surface area contributed by atoms with Crippen LogP contribution in [0.2, 0.25) is 0 Å². The number of carbonyl (C=O) groups is 1. The zero-order valence-corrected chi connectivity index (χ0v) is 17.9. The predicted octanol–water partition coefficient (Wildman–Crippen LogP) is 5.01. The second-order valence-corrected chi connectivity index (χ2v) is 9.37. The van der Waals surface area contributed by atoms with Crippen LogP contribution in [0.5, 0.6) is 0 Å². The van der Waals surface area contributed by atoms with Gasteiger partial charge in [-0.05, 0) is 42.5 Å². The molecule has 1 aromatic heterocycles. The Bertz CT molecular complexity index is 1220. The fourth-order valence-corrected chi connectivity index (χ4v) is 5.24. The third-order valence-electron chi connectivity index (χ3n) is 5.76. The summed E-state index contributed by atoms with van der Waals surface area (Å²) in [6, 6.07) is 11.3. The summed E-state index contributed by atoms with van der Waals surface area (Å²) in [4.78, 5) is 15.9. The van der Waals surface area contributed by atoms with Crippen LogP contribution in [0.15, 0.2) is 53.6 Å². The Balaban J connectivity index is 1.67. The fourth-order valence-electron chi connectivity index (χ4n) is 4.17. The third-order valence-corrected chi connectivity index (χ3v) is 7.14. The van der Waals surface area contributed by atoms with Gasteiger partial charge in [-0.2, -0.15) is 0 Å². The van der Waals surface area contributed by atoms with E-state index in [1.54, 1.807) is 12.1 Å². The van der Waals surface area contributed by atoms with E-state index in [1.165, 1.54) is 44.6 Å². The number of carbonyl (C=O) groups excluding carboxylic acids is 1. The van der Waals surface area contributed by atoms with Crippen molar-refractivity contribution in [2.75, 3.05) is 11.8 Å². The van der Waals surface area contributed by atoms with E-state index in [-0.39, 0.29) is 27.0 Å². The molecule has 2 aromatic carbocycles. The van der Waals surface area contributed by atoms with Crippen molar-refractivity contribution >= 4 is 32.5 Å². The number of pyridine rings is 1. The molecule has 0 unspecified atom stereocenters. The lowest BCUT2D eigenvalue weighted by Gasteiger charge is -2.22. The zero-order chi connectivity index (χ0) is 22.0. The van der Waals surface area contributed by atoms with Crippen LogP contribution in [0, 0.1) is 5.82 Å². The molecule has 0 amide bonds. The minimum atomic E-state index is -3.96. The van der Waals surface area contributed by atoms with Crippen LogP contribution in [0.4, 0.5) is 10.1 Å². The first-order chi connectivity index (χ1) is 14.9. The SMILES string of the molecule is COC(=O)c1ncc(F)c2c(NS(=O)(=O)c3ccc(C4CCCCC4)cc3)cccc12. The van der Waals surface area contributed by atoms with Gasteiger partial charge >= 0.3 is 5.97 Å². The average Bonchev–Trinajstić information content (AvgIpc) is 2.79. The van der Waals surface area contributed by atoms with Gasteiger partial charge in [-0.1, -0.05) is 43.5 Å². The topological polar surface area (TPSA) is 85.4 Å². The van der Waals surface area contributed by atoms with Gasteiger partial charge in [0.1, 0.15) is 0 Å².